The van der Waals surface area contributed by atoms with Crippen molar-refractivity contribution in [3.63, 3.8) is 0 Å². The van der Waals surface area contributed by atoms with Gasteiger partial charge in [0.15, 0.2) is 0 Å². The van der Waals surface area contributed by atoms with Crippen LogP contribution in [-0.2, 0) is 6.54 Å². The molecule has 0 saturated carbocycles. The molecule has 0 aliphatic rings. The number of nitrogens with one attached hydrogen (secondary N) is 2. The van der Waals surface area contributed by atoms with Crippen molar-refractivity contribution in [2.24, 2.45) is 5.84 Å². The minimum absolute atomic E-state index is 0.374. The third-order valence-corrected chi connectivity index (χ3v) is 1.70. The standard InChI is InChI=1S/C9H13N3O/c1-7-2-4-8(5-3-7)6-11-9(13)12-10/h2-5H,6,10H2,1H3,(H2,11,12,13). The molecule has 1 rings (SSSR count). The summed E-state index contributed by atoms with van der Waals surface area (Å²) >= 11 is 0. The van der Waals surface area contributed by atoms with Crippen molar-refractivity contribution in [3.05, 3.63) is 35.4 Å². The predicted octanol–water partition coefficient (Wildman–Crippen LogP) is 0.668. The Hall–Kier alpha value is -1.55. The van der Waals surface area contributed by atoms with Crippen LogP contribution in [0.1, 0.15) is 11.1 Å². The highest BCUT2D eigenvalue weighted by molar-refractivity contribution is 5.72. The highest BCUT2D eigenvalue weighted by Gasteiger charge is 1.96. The molecule has 4 heteroatoms. The molecule has 0 aliphatic heterocycles. The lowest BCUT2D eigenvalue weighted by atomic mass is 10.1. The molecule has 4 nitrogen and oxygen atoms in total. The van der Waals surface area contributed by atoms with Crippen LogP contribution in [0.3, 0.4) is 0 Å². The molecule has 1 aromatic carbocycles. The van der Waals surface area contributed by atoms with E-state index < -0.39 is 0 Å². The van der Waals surface area contributed by atoms with Crippen molar-refractivity contribution in [2.75, 3.05) is 0 Å². The molecule has 2 amide bonds. The van der Waals surface area contributed by atoms with E-state index in [0.29, 0.717) is 6.54 Å². The van der Waals surface area contributed by atoms with E-state index in [1.54, 1.807) is 0 Å². The quantitative estimate of drug-likeness (QED) is 0.355. The second-order valence-electron chi connectivity index (χ2n) is 2.81. The number of nitrogens with two attached hydrogens (primary N) is 1. The van der Waals surface area contributed by atoms with Gasteiger partial charge in [0, 0.05) is 6.54 Å². The van der Waals surface area contributed by atoms with E-state index in [4.69, 9.17) is 5.84 Å². The van der Waals surface area contributed by atoms with Crippen LogP contribution in [0.2, 0.25) is 0 Å². The second-order valence-corrected chi connectivity index (χ2v) is 2.81. The molecule has 0 atom stereocenters. The molecule has 0 heterocycles. The Bertz CT molecular complexity index is 281. The molecule has 0 aromatic heterocycles. The van der Waals surface area contributed by atoms with Gasteiger partial charge in [-0.2, -0.15) is 0 Å². The molecule has 0 unspecified atom stereocenters. The monoisotopic (exact) mass is 179 g/mol. The second kappa shape index (κ2) is 4.47. The largest absolute Gasteiger partial charge is 0.333 e. The van der Waals surface area contributed by atoms with Gasteiger partial charge in [-0.15, -0.1) is 0 Å². The fourth-order valence-electron chi connectivity index (χ4n) is 0.939. The van der Waals surface area contributed by atoms with E-state index in [0.717, 1.165) is 5.56 Å². The van der Waals surface area contributed by atoms with Gasteiger partial charge in [0.1, 0.15) is 0 Å². The average molecular weight is 179 g/mol. The molecule has 70 valence electrons. The van der Waals surface area contributed by atoms with Crippen LogP contribution in [0.15, 0.2) is 24.3 Å². The fourth-order valence-corrected chi connectivity index (χ4v) is 0.939. The lowest BCUT2D eigenvalue weighted by Gasteiger charge is -2.03. The molecule has 0 radical (unpaired) electrons. The first kappa shape index (κ1) is 9.54. The highest BCUT2D eigenvalue weighted by atomic mass is 16.2. The first-order valence-corrected chi connectivity index (χ1v) is 4.02. The van der Waals surface area contributed by atoms with E-state index in [9.17, 15) is 4.79 Å². The molecule has 1 aromatic rings. The molecule has 4 N–H and O–H groups in total. The van der Waals surface area contributed by atoms with Crippen LogP contribution in [0.25, 0.3) is 0 Å². The van der Waals surface area contributed by atoms with Crippen LogP contribution >= 0.6 is 0 Å². The number of aryl methyl sites for hydroxylation is 1. The van der Waals surface area contributed by atoms with E-state index in [1.807, 2.05) is 36.6 Å². The van der Waals surface area contributed by atoms with Crippen molar-refractivity contribution >= 4 is 6.03 Å². The maximum atomic E-state index is 10.7. The Labute approximate surface area is 77.1 Å². The number of rotatable bonds is 2. The Kier molecular flexibility index (Phi) is 3.28. The van der Waals surface area contributed by atoms with Crippen molar-refractivity contribution < 1.29 is 4.79 Å². The Morgan fingerprint density at radius 3 is 2.54 bits per heavy atom. The lowest BCUT2D eigenvalue weighted by Crippen LogP contribution is -2.39. The first-order chi connectivity index (χ1) is 6.22. The normalized spacial score (nSPS) is 9.38. The van der Waals surface area contributed by atoms with Crippen LogP contribution in [0, 0.1) is 6.92 Å². The number of hydrogen-bond donors (Lipinski definition) is 3. The zero-order chi connectivity index (χ0) is 9.68. The maximum Gasteiger partial charge on any atom is 0.329 e. The van der Waals surface area contributed by atoms with Crippen molar-refractivity contribution in [1.29, 1.82) is 0 Å². The highest BCUT2D eigenvalue weighted by Crippen LogP contribution is 2.01. The van der Waals surface area contributed by atoms with Crippen LogP contribution < -0.4 is 16.6 Å². The smallest absolute Gasteiger partial charge is 0.329 e. The van der Waals surface area contributed by atoms with E-state index in [2.05, 4.69) is 5.32 Å². The van der Waals surface area contributed by atoms with Crippen LogP contribution in [0.4, 0.5) is 4.79 Å². The Balaban J connectivity index is 2.46. The minimum atomic E-state index is -0.374. The van der Waals surface area contributed by atoms with Gasteiger partial charge in [-0.1, -0.05) is 29.8 Å². The molecular formula is C9H13N3O. The average Bonchev–Trinajstić information content (AvgIpc) is 2.16. The zero-order valence-electron chi connectivity index (χ0n) is 7.50. The molecule has 0 fully saturated rings. The van der Waals surface area contributed by atoms with E-state index in [-0.39, 0.29) is 6.03 Å². The maximum absolute atomic E-state index is 10.7. The summed E-state index contributed by atoms with van der Waals surface area (Å²) in [5, 5.41) is 2.59. The summed E-state index contributed by atoms with van der Waals surface area (Å²) in [5.74, 6) is 4.90. The van der Waals surface area contributed by atoms with Crippen molar-refractivity contribution in [2.45, 2.75) is 13.5 Å². The molecule has 0 spiro atoms. The van der Waals surface area contributed by atoms with Gasteiger partial charge in [0.25, 0.3) is 0 Å². The molecular weight excluding hydrogens is 166 g/mol. The molecule has 0 bridgehead atoms. The van der Waals surface area contributed by atoms with Gasteiger partial charge in [-0.05, 0) is 12.5 Å². The van der Waals surface area contributed by atoms with Gasteiger partial charge in [0.2, 0.25) is 0 Å². The van der Waals surface area contributed by atoms with E-state index in [1.165, 1.54) is 5.56 Å². The van der Waals surface area contributed by atoms with Gasteiger partial charge < -0.3 is 5.32 Å². The number of amides is 2. The number of urea groups is 1. The van der Waals surface area contributed by atoms with Gasteiger partial charge in [0.05, 0.1) is 0 Å². The first-order valence-electron chi connectivity index (χ1n) is 4.02. The summed E-state index contributed by atoms with van der Waals surface area (Å²) in [4.78, 5) is 10.7. The van der Waals surface area contributed by atoms with Gasteiger partial charge >= 0.3 is 6.03 Å². The fraction of sp³-hybridized carbons (Fsp3) is 0.222. The molecule has 0 saturated heterocycles. The summed E-state index contributed by atoms with van der Waals surface area (Å²) in [6.07, 6.45) is 0. The minimum Gasteiger partial charge on any atom is -0.333 e. The number of carbonyl (C=O) groups excluding carboxylic acids is 1. The van der Waals surface area contributed by atoms with Gasteiger partial charge in [-0.25, -0.2) is 10.6 Å². The Morgan fingerprint density at radius 1 is 1.38 bits per heavy atom. The third kappa shape index (κ3) is 3.13. The topological polar surface area (TPSA) is 67.2 Å². The SMILES string of the molecule is Cc1ccc(CNC(=O)NN)cc1. The number of benzene rings is 1. The third-order valence-electron chi connectivity index (χ3n) is 1.70. The van der Waals surface area contributed by atoms with E-state index >= 15 is 0 Å². The van der Waals surface area contributed by atoms with Crippen LogP contribution in [0.5, 0.6) is 0 Å². The van der Waals surface area contributed by atoms with Crippen LogP contribution in [-0.4, -0.2) is 6.03 Å². The summed E-state index contributed by atoms with van der Waals surface area (Å²) in [6, 6.07) is 7.55. The summed E-state index contributed by atoms with van der Waals surface area (Å²) in [5.41, 5.74) is 4.25. The van der Waals surface area contributed by atoms with Crippen molar-refractivity contribution in [3.8, 4) is 0 Å². The van der Waals surface area contributed by atoms with Crippen molar-refractivity contribution in [1.82, 2.24) is 10.7 Å². The number of carbonyl (C=O) groups is 1. The summed E-state index contributed by atoms with van der Waals surface area (Å²) in [6.45, 7) is 2.51. The lowest BCUT2D eigenvalue weighted by molar-refractivity contribution is 0.241. The number of hydrogen-bond acceptors (Lipinski definition) is 2. The summed E-state index contributed by atoms with van der Waals surface area (Å²) in [7, 11) is 0. The number of hydrazine groups is 1. The summed E-state index contributed by atoms with van der Waals surface area (Å²) < 4.78 is 0. The Morgan fingerprint density at radius 2 is 2.00 bits per heavy atom. The predicted molar refractivity (Wildman–Crippen MR) is 50.7 cm³/mol. The van der Waals surface area contributed by atoms with Gasteiger partial charge in [-0.3, -0.25) is 5.43 Å². The molecule has 13 heavy (non-hydrogen) atoms. The zero-order valence-corrected chi connectivity index (χ0v) is 7.50. The molecule has 0 aliphatic carbocycles.